The second kappa shape index (κ2) is 6.52. The Bertz CT molecular complexity index is 625. The number of rotatable bonds is 5. The predicted octanol–water partition coefficient (Wildman–Crippen LogP) is 2.70. The third-order valence-corrected chi connectivity index (χ3v) is 5.90. The minimum atomic E-state index is -0.615. The summed E-state index contributed by atoms with van der Waals surface area (Å²) in [6, 6.07) is 2.91. The molecule has 1 heterocycles. The Balaban J connectivity index is 1.64. The lowest BCUT2D eigenvalue weighted by Crippen LogP contribution is -2.50. The summed E-state index contributed by atoms with van der Waals surface area (Å²) < 4.78 is 2.14. The number of hydrogen-bond donors (Lipinski definition) is 0. The van der Waals surface area contributed by atoms with Crippen LogP contribution in [0.5, 0.6) is 0 Å². The van der Waals surface area contributed by atoms with Crippen molar-refractivity contribution in [2.75, 3.05) is 12.8 Å². The van der Waals surface area contributed by atoms with E-state index in [0.29, 0.717) is 11.8 Å². The molecule has 1 aromatic heterocycles. The first-order chi connectivity index (χ1) is 11.1. The summed E-state index contributed by atoms with van der Waals surface area (Å²) in [6.45, 7) is 1.95. The second-order valence-corrected chi connectivity index (χ2v) is 7.52. The maximum atomic E-state index is 12.6. The minimum Gasteiger partial charge on any atom is -0.326 e. The molecule has 0 spiro atoms. The maximum Gasteiger partial charge on any atom is 0.234 e. The average Bonchev–Trinajstić information content (AvgIpc) is 3.35. The number of nitriles is 1. The van der Waals surface area contributed by atoms with Crippen molar-refractivity contribution in [1.82, 2.24) is 19.7 Å². The predicted molar refractivity (Wildman–Crippen MR) is 88.0 cm³/mol. The summed E-state index contributed by atoms with van der Waals surface area (Å²) in [6.07, 6.45) is 7.10. The number of carbonyl (C=O) groups excluding carboxylic acids is 1. The van der Waals surface area contributed by atoms with Crippen molar-refractivity contribution >= 4 is 17.7 Å². The SMILES string of the molecule is Cc1nnc(SCC(=O)N(C)C2(C#N)CCCCC2)n1C1CC1. The number of hydrogen-bond acceptors (Lipinski definition) is 5. The average molecular weight is 333 g/mol. The lowest BCUT2D eigenvalue weighted by atomic mass is 9.81. The van der Waals surface area contributed by atoms with E-state index in [0.717, 1.165) is 55.9 Å². The molecular formula is C16H23N5OS. The van der Waals surface area contributed by atoms with E-state index in [9.17, 15) is 10.1 Å². The molecule has 6 nitrogen and oxygen atoms in total. The first-order valence-electron chi connectivity index (χ1n) is 8.29. The van der Waals surface area contributed by atoms with Gasteiger partial charge in [0.05, 0.1) is 11.8 Å². The van der Waals surface area contributed by atoms with Gasteiger partial charge in [0.2, 0.25) is 5.91 Å². The zero-order valence-electron chi connectivity index (χ0n) is 13.8. The van der Waals surface area contributed by atoms with Crippen molar-refractivity contribution in [2.24, 2.45) is 0 Å². The molecule has 7 heteroatoms. The van der Waals surface area contributed by atoms with Gasteiger partial charge in [-0.15, -0.1) is 10.2 Å². The van der Waals surface area contributed by atoms with Crippen LogP contribution in [0, 0.1) is 18.3 Å². The Labute approximate surface area is 141 Å². The largest absolute Gasteiger partial charge is 0.326 e. The normalized spacial score (nSPS) is 20.0. The Morgan fingerprint density at radius 3 is 2.70 bits per heavy atom. The summed E-state index contributed by atoms with van der Waals surface area (Å²) >= 11 is 1.43. The quantitative estimate of drug-likeness (QED) is 0.775. The Morgan fingerprint density at radius 2 is 2.09 bits per heavy atom. The van der Waals surface area contributed by atoms with Crippen LogP contribution < -0.4 is 0 Å². The lowest BCUT2D eigenvalue weighted by Gasteiger charge is -2.39. The van der Waals surface area contributed by atoms with Gasteiger partial charge in [0.15, 0.2) is 5.16 Å². The van der Waals surface area contributed by atoms with Gasteiger partial charge in [-0.05, 0) is 32.6 Å². The number of aromatic nitrogens is 3. The highest BCUT2D eigenvalue weighted by molar-refractivity contribution is 7.99. The molecule has 2 saturated carbocycles. The van der Waals surface area contributed by atoms with Crippen LogP contribution in [0.1, 0.15) is 56.8 Å². The third-order valence-electron chi connectivity index (χ3n) is 4.98. The smallest absolute Gasteiger partial charge is 0.234 e. The van der Waals surface area contributed by atoms with Crippen molar-refractivity contribution < 1.29 is 4.79 Å². The molecule has 0 unspecified atom stereocenters. The highest BCUT2D eigenvalue weighted by Gasteiger charge is 2.39. The van der Waals surface area contributed by atoms with Gasteiger partial charge >= 0.3 is 0 Å². The molecule has 0 radical (unpaired) electrons. The molecule has 0 N–H and O–H groups in total. The van der Waals surface area contributed by atoms with Crippen LogP contribution in [-0.4, -0.2) is 43.9 Å². The molecular weight excluding hydrogens is 310 g/mol. The lowest BCUT2D eigenvalue weighted by molar-refractivity contribution is -0.131. The molecule has 0 saturated heterocycles. The summed E-state index contributed by atoms with van der Waals surface area (Å²) in [4.78, 5) is 14.3. The highest BCUT2D eigenvalue weighted by Crippen LogP contribution is 2.39. The standard InChI is InChI=1S/C16H23N5OS/c1-12-18-19-15(21(12)13-6-7-13)23-10-14(22)20(2)16(11-17)8-4-3-5-9-16/h13H,3-10H2,1-2H3. The van der Waals surface area contributed by atoms with Gasteiger partial charge < -0.3 is 9.47 Å². The fraction of sp³-hybridized carbons (Fsp3) is 0.750. The van der Waals surface area contributed by atoms with E-state index in [1.807, 2.05) is 6.92 Å². The highest BCUT2D eigenvalue weighted by atomic mass is 32.2. The zero-order chi connectivity index (χ0) is 16.4. The van der Waals surface area contributed by atoms with E-state index in [4.69, 9.17) is 0 Å². The number of aryl methyl sites for hydroxylation is 1. The molecule has 1 amide bonds. The van der Waals surface area contributed by atoms with Crippen molar-refractivity contribution in [3.63, 3.8) is 0 Å². The summed E-state index contributed by atoms with van der Waals surface area (Å²) in [5.41, 5.74) is -0.615. The molecule has 0 atom stereocenters. The Morgan fingerprint density at radius 1 is 1.39 bits per heavy atom. The van der Waals surface area contributed by atoms with Crippen LogP contribution in [-0.2, 0) is 4.79 Å². The molecule has 2 aliphatic carbocycles. The van der Waals surface area contributed by atoms with Gasteiger partial charge in [-0.25, -0.2) is 0 Å². The monoisotopic (exact) mass is 333 g/mol. The van der Waals surface area contributed by atoms with E-state index in [-0.39, 0.29) is 5.91 Å². The third kappa shape index (κ3) is 3.23. The molecule has 0 aromatic carbocycles. The van der Waals surface area contributed by atoms with Gasteiger partial charge in [-0.1, -0.05) is 31.0 Å². The summed E-state index contributed by atoms with van der Waals surface area (Å²) in [5.74, 6) is 1.23. The molecule has 0 bridgehead atoms. The van der Waals surface area contributed by atoms with Crippen LogP contribution in [0.4, 0.5) is 0 Å². The van der Waals surface area contributed by atoms with Crippen LogP contribution in [0.2, 0.25) is 0 Å². The summed E-state index contributed by atoms with van der Waals surface area (Å²) in [5, 5.41) is 18.8. The van der Waals surface area contributed by atoms with Crippen LogP contribution in [0.3, 0.4) is 0 Å². The zero-order valence-corrected chi connectivity index (χ0v) is 14.6. The van der Waals surface area contributed by atoms with Crippen LogP contribution in [0.15, 0.2) is 5.16 Å². The molecule has 3 rings (SSSR count). The Kier molecular flexibility index (Phi) is 4.62. The first kappa shape index (κ1) is 16.3. The van der Waals surface area contributed by atoms with Crippen molar-refractivity contribution in [1.29, 1.82) is 5.26 Å². The molecule has 2 fully saturated rings. The first-order valence-corrected chi connectivity index (χ1v) is 9.28. The Hall–Kier alpha value is -1.55. The van der Waals surface area contributed by atoms with Crippen molar-refractivity contribution in [2.45, 2.75) is 68.6 Å². The van der Waals surface area contributed by atoms with E-state index in [1.165, 1.54) is 11.8 Å². The van der Waals surface area contributed by atoms with Gasteiger partial charge in [-0.2, -0.15) is 5.26 Å². The fourth-order valence-corrected chi connectivity index (χ4v) is 4.29. The topological polar surface area (TPSA) is 74.8 Å². The number of amides is 1. The maximum absolute atomic E-state index is 12.6. The molecule has 1 aromatic rings. The molecule has 2 aliphatic rings. The van der Waals surface area contributed by atoms with E-state index < -0.39 is 5.54 Å². The number of thioether (sulfide) groups is 1. The minimum absolute atomic E-state index is 0.00134. The fourth-order valence-electron chi connectivity index (χ4n) is 3.32. The molecule has 23 heavy (non-hydrogen) atoms. The van der Waals surface area contributed by atoms with Gasteiger partial charge in [-0.3, -0.25) is 4.79 Å². The van der Waals surface area contributed by atoms with Gasteiger partial charge in [0.1, 0.15) is 11.4 Å². The van der Waals surface area contributed by atoms with Crippen molar-refractivity contribution in [3.8, 4) is 6.07 Å². The van der Waals surface area contributed by atoms with Gasteiger partial charge in [0.25, 0.3) is 0 Å². The van der Waals surface area contributed by atoms with Gasteiger partial charge in [0, 0.05) is 13.1 Å². The van der Waals surface area contributed by atoms with Crippen LogP contribution in [0.25, 0.3) is 0 Å². The molecule has 0 aliphatic heterocycles. The van der Waals surface area contributed by atoms with Crippen molar-refractivity contribution in [3.05, 3.63) is 5.82 Å². The van der Waals surface area contributed by atoms with E-state index in [2.05, 4.69) is 20.8 Å². The van der Waals surface area contributed by atoms with Crippen LogP contribution >= 0.6 is 11.8 Å². The molecule has 124 valence electrons. The summed E-state index contributed by atoms with van der Waals surface area (Å²) in [7, 11) is 1.77. The number of nitrogens with zero attached hydrogens (tertiary/aromatic N) is 5. The van der Waals surface area contributed by atoms with E-state index >= 15 is 0 Å². The van der Waals surface area contributed by atoms with E-state index in [1.54, 1.807) is 11.9 Å². The number of carbonyl (C=O) groups is 1. The second-order valence-electron chi connectivity index (χ2n) is 6.58.